The van der Waals surface area contributed by atoms with Crippen LogP contribution in [0.2, 0.25) is 15.8 Å². The monoisotopic (exact) mass is 168 g/mol. The topological polar surface area (TPSA) is 31.5 Å². The molecule has 0 aliphatic heterocycles. The van der Waals surface area contributed by atoms with E-state index in [0.717, 1.165) is 0 Å². The van der Waals surface area contributed by atoms with Gasteiger partial charge in [0, 0.05) is 0 Å². The molecule has 62 valence electrons. The van der Waals surface area contributed by atoms with Crippen molar-refractivity contribution in [3.63, 3.8) is 0 Å². The Labute approximate surface area is 73.8 Å². The average Bonchev–Trinajstić information content (AvgIpc) is 1.90. The van der Waals surface area contributed by atoms with Gasteiger partial charge in [-0.3, -0.25) is 0 Å². The molecule has 0 aromatic rings. The largest absolute Gasteiger partial charge is 0.412 e. The highest BCUT2D eigenvalue weighted by atomic mass is 27.2. The zero-order valence-electron chi connectivity index (χ0n) is 7.05. The van der Waals surface area contributed by atoms with Crippen LogP contribution >= 0.6 is 0 Å². The van der Waals surface area contributed by atoms with Gasteiger partial charge >= 0.3 is 0 Å². The van der Waals surface area contributed by atoms with Gasteiger partial charge in [-0.25, -0.2) is 0 Å². The van der Waals surface area contributed by atoms with Crippen molar-refractivity contribution in [2.45, 2.75) is 15.8 Å². The van der Waals surface area contributed by atoms with Crippen LogP contribution in [0.5, 0.6) is 0 Å². The summed E-state index contributed by atoms with van der Waals surface area (Å²) in [6, 6.07) is 0. The van der Waals surface area contributed by atoms with E-state index in [0.29, 0.717) is 0 Å². The third-order valence-electron chi connectivity index (χ3n) is 1.50. The summed E-state index contributed by atoms with van der Waals surface area (Å²) in [4.78, 5) is 0. The Bertz CT molecular complexity index is 97.0. The molecule has 2 N–H and O–H groups in total. The first-order chi connectivity index (χ1) is 4.85. The molecule has 0 bridgehead atoms. The van der Waals surface area contributed by atoms with E-state index in [-0.39, 0.29) is 5.48 Å². The molecular weight excluding hydrogens is 151 g/mol. The Morgan fingerprint density at radius 2 is 1.09 bits per heavy atom. The molecule has 2 heteroatoms. The Morgan fingerprint density at radius 3 is 1.27 bits per heavy atom. The van der Waals surface area contributed by atoms with Crippen LogP contribution in [0.1, 0.15) is 0 Å². The van der Waals surface area contributed by atoms with Crippen LogP contribution in [0.4, 0.5) is 0 Å². The molecule has 0 radical (unpaired) electrons. The first kappa shape index (κ1) is 13.3. The van der Waals surface area contributed by atoms with Gasteiger partial charge in [-0.2, -0.15) is 0 Å². The van der Waals surface area contributed by atoms with Gasteiger partial charge in [0.25, 0.3) is 14.1 Å². The van der Waals surface area contributed by atoms with Crippen molar-refractivity contribution in [2.24, 2.45) is 0 Å². The van der Waals surface area contributed by atoms with E-state index in [1.165, 1.54) is 15.8 Å². The minimum atomic E-state index is -0.588. The third kappa shape index (κ3) is 7.61. The highest BCUT2D eigenvalue weighted by Crippen LogP contribution is 2.06. The van der Waals surface area contributed by atoms with Crippen molar-refractivity contribution < 1.29 is 5.48 Å². The number of hydrogen-bond acceptors (Lipinski definition) is 0. The number of allylic oxidation sites excluding steroid dienone is 3. The second kappa shape index (κ2) is 9.71. The van der Waals surface area contributed by atoms with Crippen molar-refractivity contribution >= 4 is 14.1 Å². The molecule has 0 aromatic carbocycles. The predicted octanol–water partition coefficient (Wildman–Crippen LogP) is 2.21. The second-order valence-electron chi connectivity index (χ2n) is 2.44. The molecule has 0 rings (SSSR count). The lowest BCUT2D eigenvalue weighted by atomic mass is 10.7. The summed E-state index contributed by atoms with van der Waals surface area (Å²) in [5.74, 6) is 0. The molecular formula is C9H17AlO. The zero-order chi connectivity index (χ0) is 7.82. The summed E-state index contributed by atoms with van der Waals surface area (Å²) < 4.78 is 0. The molecule has 0 amide bonds. The van der Waals surface area contributed by atoms with E-state index in [1.807, 2.05) is 18.2 Å². The third-order valence-corrected chi connectivity index (χ3v) is 4.50. The van der Waals surface area contributed by atoms with Gasteiger partial charge in [0.05, 0.1) is 0 Å². The highest BCUT2D eigenvalue weighted by Gasteiger charge is 2.09. The fourth-order valence-corrected chi connectivity index (χ4v) is 2.99. The van der Waals surface area contributed by atoms with Gasteiger partial charge in [0.2, 0.25) is 0 Å². The Balaban J connectivity index is 0. The molecule has 0 aliphatic rings. The molecule has 0 aromatic heterocycles. The smallest absolute Gasteiger partial charge is 0.274 e. The van der Waals surface area contributed by atoms with Crippen LogP contribution in [0.3, 0.4) is 0 Å². The molecule has 0 saturated carbocycles. The van der Waals surface area contributed by atoms with Crippen molar-refractivity contribution in [2.75, 3.05) is 0 Å². The van der Waals surface area contributed by atoms with E-state index >= 15 is 0 Å². The van der Waals surface area contributed by atoms with Gasteiger partial charge in [0.15, 0.2) is 0 Å². The van der Waals surface area contributed by atoms with E-state index in [4.69, 9.17) is 0 Å². The van der Waals surface area contributed by atoms with Crippen LogP contribution in [0, 0.1) is 0 Å². The van der Waals surface area contributed by atoms with Crippen molar-refractivity contribution in [3.8, 4) is 0 Å². The van der Waals surface area contributed by atoms with Crippen molar-refractivity contribution in [1.29, 1.82) is 0 Å². The molecule has 0 fully saturated rings. The normalized spacial score (nSPS) is 7.64. The van der Waals surface area contributed by atoms with Crippen LogP contribution < -0.4 is 0 Å². The van der Waals surface area contributed by atoms with Crippen LogP contribution in [0.15, 0.2) is 38.0 Å². The van der Waals surface area contributed by atoms with E-state index < -0.39 is 14.1 Å². The fraction of sp³-hybridized carbons (Fsp3) is 0.333. The molecule has 0 unspecified atom stereocenters. The summed E-state index contributed by atoms with van der Waals surface area (Å²) in [6.45, 7) is 11.2. The standard InChI is InChI=1S/3C3H5.Al.H2O/c3*1-3-2;;/h3*3H,1-2H2;;1H2. The van der Waals surface area contributed by atoms with E-state index in [9.17, 15) is 0 Å². The number of rotatable bonds is 6. The summed E-state index contributed by atoms with van der Waals surface area (Å²) in [5.41, 5.74) is 0. The summed E-state index contributed by atoms with van der Waals surface area (Å²) in [6.07, 6.45) is 6.05. The van der Waals surface area contributed by atoms with Crippen LogP contribution in [-0.2, 0) is 0 Å². The maximum Gasteiger partial charge on any atom is 0.274 e. The Kier molecular flexibility index (Phi) is 11.8. The summed E-state index contributed by atoms with van der Waals surface area (Å²) >= 11 is -0.588. The highest BCUT2D eigenvalue weighted by molar-refractivity contribution is 6.60. The maximum atomic E-state index is 3.73. The fourth-order valence-electron chi connectivity index (χ4n) is 0.996. The average molecular weight is 168 g/mol. The molecule has 11 heavy (non-hydrogen) atoms. The predicted molar refractivity (Wildman–Crippen MR) is 54.4 cm³/mol. The van der Waals surface area contributed by atoms with Gasteiger partial charge in [-0.1, -0.05) is 15.8 Å². The maximum absolute atomic E-state index is 3.73. The second-order valence-corrected chi connectivity index (χ2v) is 5.59. The Hall–Kier alpha value is -0.288. The zero-order valence-corrected chi connectivity index (χ0v) is 8.21. The molecule has 0 atom stereocenters. The first-order valence-electron chi connectivity index (χ1n) is 3.67. The molecule has 0 saturated heterocycles. The van der Waals surface area contributed by atoms with E-state index in [2.05, 4.69) is 19.7 Å². The summed E-state index contributed by atoms with van der Waals surface area (Å²) in [5, 5.41) is 3.62. The van der Waals surface area contributed by atoms with Crippen LogP contribution in [-0.4, -0.2) is 19.6 Å². The van der Waals surface area contributed by atoms with Crippen LogP contribution in [0.25, 0.3) is 0 Å². The molecule has 1 nitrogen and oxygen atoms in total. The quantitative estimate of drug-likeness (QED) is 0.430. The van der Waals surface area contributed by atoms with E-state index in [1.54, 1.807) is 0 Å². The van der Waals surface area contributed by atoms with Gasteiger partial charge < -0.3 is 5.48 Å². The lowest BCUT2D eigenvalue weighted by molar-refractivity contribution is 0.824. The number of hydrogen-bond donors (Lipinski definition) is 0. The van der Waals surface area contributed by atoms with Gasteiger partial charge in [-0.15, -0.1) is 38.0 Å². The van der Waals surface area contributed by atoms with Crippen molar-refractivity contribution in [1.82, 2.24) is 0 Å². The Morgan fingerprint density at radius 1 is 0.818 bits per heavy atom. The van der Waals surface area contributed by atoms with Crippen molar-refractivity contribution in [3.05, 3.63) is 38.0 Å². The molecule has 0 spiro atoms. The van der Waals surface area contributed by atoms with Gasteiger partial charge in [-0.05, 0) is 0 Å². The lowest BCUT2D eigenvalue weighted by Crippen LogP contribution is -2.07. The first-order valence-corrected chi connectivity index (χ1v) is 6.12. The molecule has 0 aliphatic carbocycles. The molecule has 0 heterocycles. The van der Waals surface area contributed by atoms with Gasteiger partial charge in [0.1, 0.15) is 0 Å². The lowest BCUT2D eigenvalue weighted by Gasteiger charge is -2.00. The minimum Gasteiger partial charge on any atom is -0.412 e. The minimum absolute atomic E-state index is 0. The SMILES string of the molecule is C=C[CH2][Al]([CH2]C=C)[CH2]C=C.O. The summed E-state index contributed by atoms with van der Waals surface area (Å²) in [7, 11) is 0.